The molecule has 0 aliphatic carbocycles. The van der Waals surface area contributed by atoms with Crippen molar-refractivity contribution in [2.45, 2.75) is 39.3 Å². The average molecular weight is 367 g/mol. The van der Waals surface area contributed by atoms with E-state index in [2.05, 4.69) is 23.6 Å². The fraction of sp³-hybridized carbons (Fsp3) is 0.333. The molecule has 6 nitrogen and oxygen atoms in total. The van der Waals surface area contributed by atoms with Gasteiger partial charge in [0.2, 0.25) is 11.8 Å². The summed E-state index contributed by atoms with van der Waals surface area (Å²) in [6, 6.07) is 13.1. The molecule has 0 spiro atoms. The second-order valence-electron chi connectivity index (χ2n) is 6.85. The van der Waals surface area contributed by atoms with Crippen molar-refractivity contribution in [1.29, 1.82) is 0 Å². The first kappa shape index (κ1) is 18.8. The molecule has 27 heavy (non-hydrogen) atoms. The van der Waals surface area contributed by atoms with E-state index >= 15 is 0 Å². The monoisotopic (exact) mass is 367 g/mol. The van der Waals surface area contributed by atoms with Gasteiger partial charge in [-0.1, -0.05) is 18.2 Å². The van der Waals surface area contributed by atoms with Crippen LogP contribution in [-0.2, 0) is 16.0 Å². The van der Waals surface area contributed by atoms with Gasteiger partial charge in [0.05, 0.1) is 12.8 Å². The zero-order chi connectivity index (χ0) is 19.6. The lowest BCUT2D eigenvalue weighted by atomic mass is 10.1. The molecule has 0 unspecified atom stereocenters. The molecule has 2 aromatic rings. The predicted octanol–water partition coefficient (Wildman–Crippen LogP) is 3.43. The van der Waals surface area contributed by atoms with Crippen LogP contribution in [0.3, 0.4) is 0 Å². The quantitative estimate of drug-likeness (QED) is 0.849. The number of rotatable bonds is 5. The Morgan fingerprint density at radius 3 is 2.67 bits per heavy atom. The molecule has 0 saturated heterocycles. The zero-order valence-electron chi connectivity index (χ0n) is 16.1. The van der Waals surface area contributed by atoms with Gasteiger partial charge in [-0.15, -0.1) is 0 Å². The summed E-state index contributed by atoms with van der Waals surface area (Å²) in [6.07, 6.45) is 0.869. The van der Waals surface area contributed by atoms with Gasteiger partial charge in [0, 0.05) is 30.4 Å². The number of hydrogen-bond acceptors (Lipinski definition) is 4. The van der Waals surface area contributed by atoms with Gasteiger partial charge in [-0.3, -0.25) is 9.59 Å². The maximum atomic E-state index is 13.1. The normalized spacial score (nSPS) is 16.4. The second-order valence-corrected chi connectivity index (χ2v) is 6.85. The maximum absolute atomic E-state index is 13.1. The van der Waals surface area contributed by atoms with E-state index in [1.165, 1.54) is 12.5 Å². The Morgan fingerprint density at radius 1 is 1.22 bits per heavy atom. The number of ether oxygens (including phenoxy) is 1. The number of benzene rings is 2. The Morgan fingerprint density at radius 2 is 1.96 bits per heavy atom. The molecule has 0 fully saturated rings. The van der Waals surface area contributed by atoms with Crippen LogP contribution in [0.15, 0.2) is 42.5 Å². The fourth-order valence-electron chi connectivity index (χ4n) is 3.50. The van der Waals surface area contributed by atoms with Gasteiger partial charge >= 0.3 is 0 Å². The van der Waals surface area contributed by atoms with E-state index < -0.39 is 6.04 Å². The van der Waals surface area contributed by atoms with Crippen LogP contribution in [0.4, 0.5) is 17.1 Å². The van der Waals surface area contributed by atoms with E-state index in [-0.39, 0.29) is 17.9 Å². The summed E-state index contributed by atoms with van der Waals surface area (Å²) in [5.41, 5.74) is 3.53. The molecule has 3 rings (SSSR count). The summed E-state index contributed by atoms with van der Waals surface area (Å²) in [5, 5.41) is 5.96. The molecule has 0 bridgehead atoms. The number of nitrogens with zero attached hydrogens (tertiary/aromatic N) is 1. The molecule has 1 heterocycles. The largest absolute Gasteiger partial charge is 0.494 e. The summed E-state index contributed by atoms with van der Waals surface area (Å²) in [6.45, 7) is 5.36. The van der Waals surface area contributed by atoms with Crippen LogP contribution in [0.1, 0.15) is 26.3 Å². The second kappa shape index (κ2) is 7.70. The Bertz CT molecular complexity index is 866. The Kier molecular flexibility index (Phi) is 5.35. The minimum absolute atomic E-state index is 0.0253. The summed E-state index contributed by atoms with van der Waals surface area (Å²) < 4.78 is 5.34. The predicted molar refractivity (Wildman–Crippen MR) is 107 cm³/mol. The molecule has 2 aromatic carbocycles. The Labute approximate surface area is 159 Å². The van der Waals surface area contributed by atoms with Crippen LogP contribution in [0.2, 0.25) is 0 Å². The fourth-order valence-corrected chi connectivity index (χ4v) is 3.50. The van der Waals surface area contributed by atoms with Crippen molar-refractivity contribution in [2.24, 2.45) is 0 Å². The summed E-state index contributed by atoms with van der Waals surface area (Å²) >= 11 is 0. The number of carbonyl (C=O) groups excluding carboxylic acids is 2. The minimum atomic E-state index is -0.407. The molecule has 2 atom stereocenters. The lowest BCUT2D eigenvalue weighted by molar-refractivity contribution is -0.119. The highest BCUT2D eigenvalue weighted by Gasteiger charge is 2.33. The van der Waals surface area contributed by atoms with Gasteiger partial charge in [-0.05, 0) is 44.0 Å². The Hall–Kier alpha value is -3.02. The van der Waals surface area contributed by atoms with E-state index in [0.717, 1.165) is 17.8 Å². The van der Waals surface area contributed by atoms with Crippen LogP contribution in [0.5, 0.6) is 5.75 Å². The van der Waals surface area contributed by atoms with E-state index in [1.54, 1.807) is 19.2 Å². The first-order valence-corrected chi connectivity index (χ1v) is 9.04. The van der Waals surface area contributed by atoms with Crippen LogP contribution in [0, 0.1) is 0 Å². The molecule has 6 heteroatoms. The number of nitrogens with one attached hydrogen (secondary N) is 2. The number of fused-ring (bicyclic) bond motifs is 1. The number of para-hydroxylation sites is 1. The number of amides is 2. The number of hydrogen-bond donors (Lipinski definition) is 2. The van der Waals surface area contributed by atoms with Gasteiger partial charge in [-0.25, -0.2) is 0 Å². The van der Waals surface area contributed by atoms with Crippen molar-refractivity contribution < 1.29 is 14.3 Å². The SMILES string of the molecule is COc1cc(N[C@@H](C)C(=O)N2c3ccccc3C[C@@H]2C)ccc1NC(C)=O. The van der Waals surface area contributed by atoms with Gasteiger partial charge in [0.1, 0.15) is 11.8 Å². The molecule has 142 valence electrons. The molecule has 1 aliphatic rings. The lowest BCUT2D eigenvalue weighted by Crippen LogP contribution is -2.44. The number of methoxy groups -OCH3 is 1. The summed E-state index contributed by atoms with van der Waals surface area (Å²) in [5.74, 6) is 0.395. The van der Waals surface area contributed by atoms with Crippen LogP contribution < -0.4 is 20.3 Å². The van der Waals surface area contributed by atoms with Crippen molar-refractivity contribution >= 4 is 28.9 Å². The standard InChI is InChI=1S/C21H25N3O3/c1-13-11-16-7-5-6-8-19(16)24(13)21(26)14(2)22-17-9-10-18(23-15(3)25)20(12-17)27-4/h5-10,12-14,22H,11H2,1-4H3,(H,23,25)/t13-,14-/m0/s1. The molecule has 0 aromatic heterocycles. The first-order chi connectivity index (χ1) is 12.9. The maximum Gasteiger partial charge on any atom is 0.249 e. The summed E-state index contributed by atoms with van der Waals surface area (Å²) in [7, 11) is 1.54. The van der Waals surface area contributed by atoms with Gasteiger partial charge in [0.25, 0.3) is 0 Å². The molecule has 0 saturated carbocycles. The molecule has 2 N–H and O–H groups in total. The zero-order valence-corrected chi connectivity index (χ0v) is 16.1. The molecule has 0 radical (unpaired) electrons. The molecular weight excluding hydrogens is 342 g/mol. The van der Waals surface area contributed by atoms with Crippen molar-refractivity contribution in [3.8, 4) is 5.75 Å². The third-order valence-corrected chi connectivity index (χ3v) is 4.71. The topological polar surface area (TPSA) is 70.7 Å². The van der Waals surface area contributed by atoms with Crippen LogP contribution in [0.25, 0.3) is 0 Å². The minimum Gasteiger partial charge on any atom is -0.494 e. The van der Waals surface area contributed by atoms with Crippen molar-refractivity contribution in [2.75, 3.05) is 22.6 Å². The highest BCUT2D eigenvalue weighted by Crippen LogP contribution is 2.33. The van der Waals surface area contributed by atoms with Crippen molar-refractivity contribution in [3.63, 3.8) is 0 Å². The van der Waals surface area contributed by atoms with Crippen LogP contribution in [-0.4, -0.2) is 31.0 Å². The van der Waals surface area contributed by atoms with Gasteiger partial charge < -0.3 is 20.3 Å². The molecule has 2 amide bonds. The van der Waals surface area contributed by atoms with Crippen molar-refractivity contribution in [1.82, 2.24) is 0 Å². The van der Waals surface area contributed by atoms with E-state index in [9.17, 15) is 9.59 Å². The van der Waals surface area contributed by atoms with E-state index in [4.69, 9.17) is 4.74 Å². The first-order valence-electron chi connectivity index (χ1n) is 9.04. The highest BCUT2D eigenvalue weighted by molar-refractivity contribution is 6.01. The van der Waals surface area contributed by atoms with E-state index in [1.807, 2.05) is 36.1 Å². The number of carbonyl (C=O) groups is 2. The third-order valence-electron chi connectivity index (χ3n) is 4.71. The summed E-state index contributed by atoms with van der Waals surface area (Å²) in [4.78, 5) is 26.2. The molecule has 1 aliphatic heterocycles. The molecular formula is C21H25N3O3. The van der Waals surface area contributed by atoms with Crippen LogP contribution >= 0.6 is 0 Å². The van der Waals surface area contributed by atoms with Crippen molar-refractivity contribution in [3.05, 3.63) is 48.0 Å². The van der Waals surface area contributed by atoms with Gasteiger partial charge in [0.15, 0.2) is 0 Å². The number of anilines is 3. The van der Waals surface area contributed by atoms with E-state index in [0.29, 0.717) is 11.4 Å². The third kappa shape index (κ3) is 3.89. The Balaban J connectivity index is 1.76. The lowest BCUT2D eigenvalue weighted by Gasteiger charge is -2.27. The van der Waals surface area contributed by atoms with Gasteiger partial charge in [-0.2, -0.15) is 0 Å². The highest BCUT2D eigenvalue weighted by atomic mass is 16.5. The average Bonchev–Trinajstić information content (AvgIpc) is 2.97. The smallest absolute Gasteiger partial charge is 0.249 e.